The van der Waals surface area contributed by atoms with Gasteiger partial charge in [0.05, 0.1) is 11.1 Å². The lowest BCUT2D eigenvalue weighted by atomic mass is 10.0. The first-order valence-electron chi connectivity index (χ1n) is 7.68. The summed E-state index contributed by atoms with van der Waals surface area (Å²) < 4.78 is 0. The standard InChI is InChI=1S/C18H17N3O3/c1-11(2)15(16(22)20-12-7-9-19-10-8-12)21-17(23)13-5-3-4-6-14(13)18(21)24/h3-11,15H,1-2H3,(H,19,20,22). The van der Waals surface area contributed by atoms with Crippen LogP contribution in [0.4, 0.5) is 5.69 Å². The fraction of sp³-hybridized carbons (Fsp3) is 0.222. The molecule has 6 nitrogen and oxygen atoms in total. The van der Waals surface area contributed by atoms with Crippen LogP contribution in [-0.4, -0.2) is 33.6 Å². The van der Waals surface area contributed by atoms with E-state index < -0.39 is 23.8 Å². The van der Waals surface area contributed by atoms with Crippen molar-refractivity contribution in [3.63, 3.8) is 0 Å². The number of amides is 3. The lowest BCUT2D eigenvalue weighted by molar-refractivity contribution is -0.121. The molecule has 1 aliphatic heterocycles. The van der Waals surface area contributed by atoms with Gasteiger partial charge >= 0.3 is 0 Å². The fourth-order valence-corrected chi connectivity index (χ4v) is 2.83. The number of carbonyl (C=O) groups excluding carboxylic acids is 3. The highest BCUT2D eigenvalue weighted by molar-refractivity contribution is 6.23. The molecule has 1 aromatic heterocycles. The van der Waals surface area contributed by atoms with Crippen LogP contribution in [0.5, 0.6) is 0 Å². The van der Waals surface area contributed by atoms with E-state index in [4.69, 9.17) is 0 Å². The largest absolute Gasteiger partial charge is 0.324 e. The summed E-state index contributed by atoms with van der Waals surface area (Å²) in [5, 5.41) is 2.74. The van der Waals surface area contributed by atoms with E-state index in [0.717, 1.165) is 4.90 Å². The third-order valence-corrected chi connectivity index (χ3v) is 3.95. The normalized spacial score (nSPS) is 14.7. The van der Waals surface area contributed by atoms with Gasteiger partial charge in [0.25, 0.3) is 11.8 Å². The maximum atomic E-state index is 12.7. The molecule has 0 aliphatic carbocycles. The number of nitrogens with zero attached hydrogens (tertiary/aromatic N) is 2. The molecule has 0 saturated heterocycles. The molecule has 0 radical (unpaired) electrons. The van der Waals surface area contributed by atoms with Crippen LogP contribution >= 0.6 is 0 Å². The first kappa shape index (κ1) is 15.9. The van der Waals surface area contributed by atoms with Crippen molar-refractivity contribution in [2.24, 2.45) is 5.92 Å². The topological polar surface area (TPSA) is 79.4 Å². The lowest BCUT2D eigenvalue weighted by Gasteiger charge is -2.28. The van der Waals surface area contributed by atoms with Crippen molar-refractivity contribution >= 4 is 23.4 Å². The van der Waals surface area contributed by atoms with Crippen molar-refractivity contribution in [1.82, 2.24) is 9.88 Å². The average Bonchev–Trinajstić information content (AvgIpc) is 2.81. The predicted molar refractivity (Wildman–Crippen MR) is 88.4 cm³/mol. The van der Waals surface area contributed by atoms with Crippen LogP contribution in [0.25, 0.3) is 0 Å². The van der Waals surface area contributed by atoms with E-state index in [2.05, 4.69) is 10.3 Å². The van der Waals surface area contributed by atoms with Crippen molar-refractivity contribution < 1.29 is 14.4 Å². The van der Waals surface area contributed by atoms with Crippen LogP contribution in [0, 0.1) is 5.92 Å². The predicted octanol–water partition coefficient (Wildman–Crippen LogP) is 2.34. The Morgan fingerprint density at radius 1 is 1.00 bits per heavy atom. The minimum Gasteiger partial charge on any atom is -0.324 e. The number of benzene rings is 1. The number of carbonyl (C=O) groups is 3. The molecule has 2 aromatic rings. The molecule has 1 aliphatic rings. The Labute approximate surface area is 139 Å². The third kappa shape index (κ3) is 2.67. The van der Waals surface area contributed by atoms with E-state index in [1.807, 2.05) is 0 Å². The minimum atomic E-state index is -0.884. The first-order valence-corrected chi connectivity index (χ1v) is 7.68. The van der Waals surface area contributed by atoms with Gasteiger partial charge in [-0.25, -0.2) is 0 Å². The zero-order valence-electron chi connectivity index (χ0n) is 13.4. The molecule has 1 atom stereocenters. The van der Waals surface area contributed by atoms with E-state index in [-0.39, 0.29) is 5.92 Å². The number of hydrogen-bond acceptors (Lipinski definition) is 4. The number of imide groups is 1. The second-order valence-electron chi connectivity index (χ2n) is 5.94. The van der Waals surface area contributed by atoms with Gasteiger partial charge in [0.2, 0.25) is 5.91 Å². The van der Waals surface area contributed by atoms with Gasteiger partial charge in [0.15, 0.2) is 0 Å². The van der Waals surface area contributed by atoms with Crippen molar-refractivity contribution in [2.75, 3.05) is 5.32 Å². The molecule has 0 saturated carbocycles. The monoisotopic (exact) mass is 323 g/mol. The quantitative estimate of drug-likeness (QED) is 0.876. The molecule has 122 valence electrons. The third-order valence-electron chi connectivity index (χ3n) is 3.95. The summed E-state index contributed by atoms with van der Waals surface area (Å²) in [6, 6.07) is 9.03. The summed E-state index contributed by atoms with van der Waals surface area (Å²) in [7, 11) is 0. The van der Waals surface area contributed by atoms with Crippen LogP contribution in [0.2, 0.25) is 0 Å². The highest BCUT2D eigenvalue weighted by Gasteiger charge is 2.43. The Balaban J connectivity index is 1.91. The second-order valence-corrected chi connectivity index (χ2v) is 5.94. The number of anilines is 1. The van der Waals surface area contributed by atoms with Gasteiger partial charge in [-0.1, -0.05) is 26.0 Å². The zero-order valence-corrected chi connectivity index (χ0v) is 13.4. The van der Waals surface area contributed by atoms with Gasteiger partial charge in [-0.3, -0.25) is 24.3 Å². The maximum Gasteiger partial charge on any atom is 0.262 e. The van der Waals surface area contributed by atoms with Crippen molar-refractivity contribution in [3.05, 3.63) is 59.9 Å². The Morgan fingerprint density at radius 3 is 2.04 bits per heavy atom. The van der Waals surface area contributed by atoms with E-state index in [9.17, 15) is 14.4 Å². The van der Waals surface area contributed by atoms with Gasteiger partial charge in [0, 0.05) is 18.1 Å². The van der Waals surface area contributed by atoms with Crippen molar-refractivity contribution in [3.8, 4) is 0 Å². The molecule has 0 fully saturated rings. The molecule has 1 aromatic carbocycles. The molecule has 3 rings (SSSR count). The molecule has 24 heavy (non-hydrogen) atoms. The van der Waals surface area contributed by atoms with Gasteiger partial charge in [-0.2, -0.15) is 0 Å². The first-order chi connectivity index (χ1) is 11.5. The molecular weight excluding hydrogens is 306 g/mol. The highest BCUT2D eigenvalue weighted by atomic mass is 16.2. The summed E-state index contributed by atoms with van der Waals surface area (Å²) in [6.45, 7) is 3.61. The minimum absolute atomic E-state index is 0.228. The van der Waals surface area contributed by atoms with Crippen molar-refractivity contribution in [2.45, 2.75) is 19.9 Å². The maximum absolute atomic E-state index is 12.7. The number of rotatable bonds is 4. The van der Waals surface area contributed by atoms with E-state index in [0.29, 0.717) is 16.8 Å². The molecule has 2 heterocycles. The molecular formula is C18H17N3O3. The van der Waals surface area contributed by atoms with Crippen LogP contribution in [0.3, 0.4) is 0 Å². The average molecular weight is 323 g/mol. The summed E-state index contributed by atoms with van der Waals surface area (Å²) >= 11 is 0. The van der Waals surface area contributed by atoms with Crippen LogP contribution < -0.4 is 5.32 Å². The number of pyridine rings is 1. The van der Waals surface area contributed by atoms with Gasteiger partial charge in [-0.05, 0) is 30.2 Å². The summed E-state index contributed by atoms with van der Waals surface area (Å²) in [5.74, 6) is -1.49. The van der Waals surface area contributed by atoms with Crippen LogP contribution in [0.1, 0.15) is 34.6 Å². The summed E-state index contributed by atoms with van der Waals surface area (Å²) in [6.07, 6.45) is 3.12. The molecule has 0 bridgehead atoms. The van der Waals surface area contributed by atoms with E-state index in [1.54, 1.807) is 62.6 Å². The van der Waals surface area contributed by atoms with E-state index >= 15 is 0 Å². The van der Waals surface area contributed by atoms with Crippen LogP contribution in [-0.2, 0) is 4.79 Å². The fourth-order valence-electron chi connectivity index (χ4n) is 2.83. The Morgan fingerprint density at radius 2 is 1.54 bits per heavy atom. The molecule has 1 N–H and O–H groups in total. The molecule has 6 heteroatoms. The van der Waals surface area contributed by atoms with Crippen molar-refractivity contribution in [1.29, 1.82) is 0 Å². The van der Waals surface area contributed by atoms with E-state index in [1.165, 1.54) is 0 Å². The SMILES string of the molecule is CC(C)C(C(=O)Nc1ccncc1)N1C(=O)c2ccccc2C1=O. The highest BCUT2D eigenvalue weighted by Crippen LogP contribution is 2.27. The van der Waals surface area contributed by atoms with Gasteiger partial charge < -0.3 is 5.32 Å². The zero-order chi connectivity index (χ0) is 17.3. The van der Waals surface area contributed by atoms with Gasteiger partial charge in [0.1, 0.15) is 6.04 Å². The van der Waals surface area contributed by atoms with Gasteiger partial charge in [-0.15, -0.1) is 0 Å². The number of aromatic nitrogens is 1. The number of hydrogen-bond donors (Lipinski definition) is 1. The summed E-state index contributed by atoms with van der Waals surface area (Å²) in [4.78, 5) is 42.9. The molecule has 1 unspecified atom stereocenters. The molecule has 0 spiro atoms. The van der Waals surface area contributed by atoms with Crippen LogP contribution in [0.15, 0.2) is 48.8 Å². The number of nitrogens with one attached hydrogen (secondary N) is 1. The summed E-state index contributed by atoms with van der Waals surface area (Å²) in [5.41, 5.74) is 1.24. The lowest BCUT2D eigenvalue weighted by Crippen LogP contribution is -2.50. The smallest absolute Gasteiger partial charge is 0.262 e. The Hall–Kier alpha value is -3.02. The second kappa shape index (κ2) is 6.23. The molecule has 3 amide bonds. The Bertz CT molecular complexity index is 767. The number of fused-ring (bicyclic) bond motifs is 1. The Kier molecular flexibility index (Phi) is 4.12.